The zero-order valence-electron chi connectivity index (χ0n) is 12.3. The summed E-state index contributed by atoms with van der Waals surface area (Å²) in [5, 5.41) is 4.40. The fourth-order valence-electron chi connectivity index (χ4n) is 1.68. The highest BCUT2D eigenvalue weighted by Crippen LogP contribution is 2.17. The van der Waals surface area contributed by atoms with Gasteiger partial charge >= 0.3 is 0 Å². The number of anilines is 1. The van der Waals surface area contributed by atoms with E-state index in [1.807, 2.05) is 20.8 Å². The molecule has 0 unspecified atom stereocenters. The van der Waals surface area contributed by atoms with Gasteiger partial charge in [-0.25, -0.2) is 4.98 Å². The van der Waals surface area contributed by atoms with Gasteiger partial charge < -0.3 is 10.1 Å². The molecule has 0 spiro atoms. The number of nitrogens with zero attached hydrogens (tertiary/aromatic N) is 3. The molecule has 0 aliphatic heterocycles. The average Bonchev–Trinajstić information content (AvgIpc) is 2.68. The molecule has 1 N–H and O–H groups in total. The van der Waals surface area contributed by atoms with Gasteiger partial charge in [0.05, 0.1) is 29.2 Å². The van der Waals surface area contributed by atoms with Crippen molar-refractivity contribution in [1.82, 2.24) is 15.0 Å². The molecule has 0 amide bonds. The van der Waals surface area contributed by atoms with Gasteiger partial charge in [0.1, 0.15) is 5.82 Å². The van der Waals surface area contributed by atoms with Gasteiger partial charge in [0.2, 0.25) is 5.88 Å². The monoisotopic (exact) mass is 292 g/mol. The summed E-state index contributed by atoms with van der Waals surface area (Å²) in [7, 11) is 0. The number of thiazole rings is 1. The molecule has 2 rings (SSSR count). The normalized spacial score (nSPS) is 10.8. The van der Waals surface area contributed by atoms with Gasteiger partial charge in [-0.15, -0.1) is 11.3 Å². The van der Waals surface area contributed by atoms with Crippen molar-refractivity contribution in [3.63, 3.8) is 0 Å². The fourth-order valence-corrected chi connectivity index (χ4v) is 2.61. The first-order valence-electron chi connectivity index (χ1n) is 6.70. The summed E-state index contributed by atoms with van der Waals surface area (Å²) >= 11 is 1.75. The number of rotatable bonds is 6. The van der Waals surface area contributed by atoms with Crippen LogP contribution in [-0.2, 0) is 6.42 Å². The second-order valence-electron chi connectivity index (χ2n) is 4.84. The molecule has 5 nitrogen and oxygen atoms in total. The van der Waals surface area contributed by atoms with Crippen LogP contribution in [0.5, 0.6) is 5.88 Å². The van der Waals surface area contributed by atoms with Crippen molar-refractivity contribution < 1.29 is 4.74 Å². The molecular formula is C14H20N4OS. The summed E-state index contributed by atoms with van der Waals surface area (Å²) in [6, 6.07) is 0. The summed E-state index contributed by atoms with van der Waals surface area (Å²) in [5.74, 6) is 1.28. The van der Waals surface area contributed by atoms with Crippen LogP contribution in [-0.4, -0.2) is 27.6 Å². The van der Waals surface area contributed by atoms with E-state index < -0.39 is 0 Å². The highest BCUT2D eigenvalue weighted by molar-refractivity contribution is 7.11. The Labute approximate surface area is 123 Å². The molecule has 2 aromatic heterocycles. The van der Waals surface area contributed by atoms with Crippen LogP contribution in [0.1, 0.15) is 29.4 Å². The van der Waals surface area contributed by atoms with Crippen molar-refractivity contribution in [2.24, 2.45) is 0 Å². The Morgan fingerprint density at radius 3 is 2.70 bits per heavy atom. The van der Waals surface area contributed by atoms with Crippen molar-refractivity contribution in [3.8, 4) is 5.88 Å². The van der Waals surface area contributed by atoms with Crippen LogP contribution < -0.4 is 10.1 Å². The predicted molar refractivity (Wildman–Crippen MR) is 81.6 cm³/mol. The molecule has 0 radical (unpaired) electrons. The van der Waals surface area contributed by atoms with Gasteiger partial charge in [-0.3, -0.25) is 4.98 Å². The van der Waals surface area contributed by atoms with E-state index in [0.29, 0.717) is 5.88 Å². The number of hydrogen-bond donors (Lipinski definition) is 1. The number of ether oxygens (including phenoxy) is 1. The topological polar surface area (TPSA) is 59.9 Å². The molecule has 2 aromatic rings. The molecule has 0 fully saturated rings. The fraction of sp³-hybridized carbons (Fsp3) is 0.500. The molecule has 0 bridgehead atoms. The maximum atomic E-state index is 5.51. The molecule has 2 heterocycles. The van der Waals surface area contributed by atoms with Crippen LogP contribution in [0.4, 0.5) is 5.82 Å². The number of aromatic nitrogens is 3. The molecule has 0 aromatic carbocycles. The summed E-state index contributed by atoms with van der Waals surface area (Å²) in [6.07, 6.45) is 4.31. The highest BCUT2D eigenvalue weighted by Gasteiger charge is 2.05. The van der Waals surface area contributed by atoms with Crippen LogP contribution in [0.3, 0.4) is 0 Å². The lowest BCUT2D eigenvalue weighted by Crippen LogP contribution is -2.10. The standard InChI is InChI=1S/C14H20N4OS/c1-9(2)19-13-8-15-7-12(18-13)16-6-5-14-17-10(3)11(4)20-14/h7-9H,5-6H2,1-4H3,(H,16,18). The zero-order valence-corrected chi connectivity index (χ0v) is 13.1. The molecule has 0 saturated heterocycles. The van der Waals surface area contributed by atoms with Crippen LogP contribution in [0, 0.1) is 13.8 Å². The Balaban J connectivity index is 1.87. The largest absolute Gasteiger partial charge is 0.474 e. The van der Waals surface area contributed by atoms with Gasteiger partial charge in [-0.2, -0.15) is 4.98 Å². The predicted octanol–water partition coefficient (Wildman–Crippen LogP) is 2.99. The zero-order chi connectivity index (χ0) is 14.5. The van der Waals surface area contributed by atoms with Gasteiger partial charge in [0, 0.05) is 17.8 Å². The molecule has 6 heteroatoms. The smallest absolute Gasteiger partial charge is 0.234 e. The first-order valence-corrected chi connectivity index (χ1v) is 7.51. The summed E-state index contributed by atoms with van der Waals surface area (Å²) in [5.41, 5.74) is 1.12. The van der Waals surface area contributed by atoms with Gasteiger partial charge in [-0.1, -0.05) is 0 Å². The van der Waals surface area contributed by atoms with Crippen molar-refractivity contribution in [3.05, 3.63) is 28.0 Å². The molecule has 20 heavy (non-hydrogen) atoms. The van der Waals surface area contributed by atoms with E-state index in [1.54, 1.807) is 23.7 Å². The Morgan fingerprint density at radius 1 is 1.25 bits per heavy atom. The molecule has 0 aliphatic rings. The van der Waals surface area contributed by atoms with Gasteiger partial charge in [0.25, 0.3) is 0 Å². The third-order valence-corrected chi connectivity index (χ3v) is 3.82. The third kappa shape index (κ3) is 4.16. The number of aryl methyl sites for hydroxylation is 2. The second-order valence-corrected chi connectivity index (χ2v) is 6.12. The lowest BCUT2D eigenvalue weighted by Gasteiger charge is -2.09. The summed E-state index contributed by atoms with van der Waals surface area (Å²) in [4.78, 5) is 14.3. The Kier molecular flexibility index (Phi) is 4.89. The van der Waals surface area contributed by atoms with E-state index in [-0.39, 0.29) is 6.10 Å². The van der Waals surface area contributed by atoms with E-state index in [0.717, 1.165) is 29.5 Å². The van der Waals surface area contributed by atoms with E-state index in [1.165, 1.54) is 4.88 Å². The molecule has 0 aliphatic carbocycles. The lowest BCUT2D eigenvalue weighted by molar-refractivity contribution is 0.232. The van der Waals surface area contributed by atoms with Crippen LogP contribution in [0.2, 0.25) is 0 Å². The molecular weight excluding hydrogens is 272 g/mol. The Bertz CT molecular complexity index is 549. The van der Waals surface area contributed by atoms with Crippen molar-refractivity contribution >= 4 is 17.2 Å². The number of hydrogen-bond acceptors (Lipinski definition) is 6. The summed E-state index contributed by atoms with van der Waals surface area (Å²) < 4.78 is 5.51. The van der Waals surface area contributed by atoms with Crippen molar-refractivity contribution in [1.29, 1.82) is 0 Å². The van der Waals surface area contributed by atoms with Gasteiger partial charge in [-0.05, 0) is 27.7 Å². The number of nitrogens with one attached hydrogen (secondary N) is 1. The molecule has 0 atom stereocenters. The summed E-state index contributed by atoms with van der Waals surface area (Å²) in [6.45, 7) is 8.86. The van der Waals surface area contributed by atoms with Crippen molar-refractivity contribution in [2.45, 2.75) is 40.2 Å². The maximum Gasteiger partial charge on any atom is 0.234 e. The van der Waals surface area contributed by atoms with E-state index in [4.69, 9.17) is 4.74 Å². The van der Waals surface area contributed by atoms with Crippen LogP contribution in [0.15, 0.2) is 12.4 Å². The Morgan fingerprint density at radius 2 is 2.05 bits per heavy atom. The highest BCUT2D eigenvalue weighted by atomic mass is 32.1. The minimum atomic E-state index is 0.0980. The van der Waals surface area contributed by atoms with Crippen molar-refractivity contribution in [2.75, 3.05) is 11.9 Å². The Hall–Kier alpha value is -1.69. The van der Waals surface area contributed by atoms with E-state index in [2.05, 4.69) is 27.2 Å². The third-order valence-electron chi connectivity index (χ3n) is 2.69. The molecule has 108 valence electrons. The van der Waals surface area contributed by atoms with E-state index in [9.17, 15) is 0 Å². The lowest BCUT2D eigenvalue weighted by atomic mass is 10.4. The first-order chi connectivity index (χ1) is 9.54. The van der Waals surface area contributed by atoms with Crippen LogP contribution in [0.25, 0.3) is 0 Å². The minimum absolute atomic E-state index is 0.0980. The van der Waals surface area contributed by atoms with Gasteiger partial charge in [0.15, 0.2) is 0 Å². The SMILES string of the molecule is Cc1nc(CCNc2cncc(OC(C)C)n2)sc1C. The first kappa shape index (κ1) is 14.7. The minimum Gasteiger partial charge on any atom is -0.474 e. The maximum absolute atomic E-state index is 5.51. The quantitative estimate of drug-likeness (QED) is 0.887. The molecule has 0 saturated carbocycles. The second kappa shape index (κ2) is 6.65. The van der Waals surface area contributed by atoms with Crippen LogP contribution >= 0.6 is 11.3 Å². The van der Waals surface area contributed by atoms with E-state index >= 15 is 0 Å². The average molecular weight is 292 g/mol.